The third kappa shape index (κ3) is 11.6. The van der Waals surface area contributed by atoms with Gasteiger partial charge in [0.25, 0.3) is 0 Å². The molecule has 0 aliphatic carbocycles. The van der Waals surface area contributed by atoms with Gasteiger partial charge in [-0.25, -0.2) is 9.18 Å². The van der Waals surface area contributed by atoms with E-state index in [1.807, 2.05) is 0 Å². The molecule has 7 N–H and O–H groups in total. The molecule has 12 nitrogen and oxygen atoms in total. The van der Waals surface area contributed by atoms with Crippen LogP contribution >= 0.6 is 0 Å². The van der Waals surface area contributed by atoms with Gasteiger partial charge in [-0.2, -0.15) is 0 Å². The zero-order chi connectivity index (χ0) is 32.2. The van der Waals surface area contributed by atoms with Gasteiger partial charge in [0.15, 0.2) is 5.96 Å². The highest BCUT2D eigenvalue weighted by Crippen LogP contribution is 2.32. The minimum absolute atomic E-state index is 0.106. The quantitative estimate of drug-likeness (QED) is 0.100. The number of hydrogen-bond acceptors (Lipinski definition) is 7. The molecule has 0 saturated heterocycles. The van der Waals surface area contributed by atoms with Crippen molar-refractivity contribution in [2.75, 3.05) is 13.7 Å². The Labute approximate surface area is 250 Å². The van der Waals surface area contributed by atoms with Crippen molar-refractivity contribution in [1.29, 1.82) is 0 Å². The van der Waals surface area contributed by atoms with Gasteiger partial charge >= 0.3 is 12.1 Å². The number of alkyl carbamates (subject to hydrolysis) is 1. The van der Waals surface area contributed by atoms with Crippen LogP contribution in [0, 0.1) is 5.82 Å². The first-order valence-electron chi connectivity index (χ1n) is 13.8. The van der Waals surface area contributed by atoms with E-state index in [2.05, 4.69) is 20.9 Å². The van der Waals surface area contributed by atoms with Crippen molar-refractivity contribution in [3.05, 3.63) is 71.5 Å². The van der Waals surface area contributed by atoms with E-state index in [9.17, 15) is 23.6 Å². The van der Waals surface area contributed by atoms with Crippen LogP contribution in [0.25, 0.3) is 0 Å². The summed E-state index contributed by atoms with van der Waals surface area (Å²) in [5.41, 5.74) is 10.9. The van der Waals surface area contributed by atoms with Gasteiger partial charge in [0.1, 0.15) is 29.4 Å². The number of benzene rings is 2. The fourth-order valence-electron chi connectivity index (χ4n) is 4.16. The molecule has 2 aromatic carbocycles. The number of nitrogens with two attached hydrogens (primary N) is 2. The lowest BCUT2D eigenvalue weighted by Crippen LogP contribution is -2.54. The molecule has 0 heterocycles. The van der Waals surface area contributed by atoms with Gasteiger partial charge in [-0.15, -0.1) is 0 Å². The molecule has 0 fully saturated rings. The number of halogens is 1. The Kier molecular flexibility index (Phi) is 12.9. The standard InChI is InChI=1S/C30H41FN6O6/c1-18(35-26(39)22(12-9-17-34-28(32)33)36-29(41)43-30(2,3)4)25(38)37-24(20-10-7-6-8-11-20)23(27(40)42-5)19-13-15-21(31)16-14-19/h6-8,10-11,13-16,18,22-24H,9,12,17H2,1-5H3,(H,35,39)(H,36,41)(H,37,38)(H4,32,33,34)/t18-,22-,23?,24?/m0/s1. The summed E-state index contributed by atoms with van der Waals surface area (Å²) in [6.45, 7) is 6.73. The fourth-order valence-corrected chi connectivity index (χ4v) is 4.16. The van der Waals surface area contributed by atoms with Gasteiger partial charge in [0.2, 0.25) is 11.8 Å². The molecule has 0 radical (unpaired) electrons. The number of rotatable bonds is 13. The molecule has 0 spiro atoms. The lowest BCUT2D eigenvalue weighted by molar-refractivity contribution is -0.143. The molecule has 3 amide bonds. The molecule has 0 aliphatic heterocycles. The molecule has 13 heteroatoms. The number of carbonyl (C=O) groups excluding carboxylic acids is 4. The second-order valence-electron chi connectivity index (χ2n) is 10.8. The largest absolute Gasteiger partial charge is 0.468 e. The van der Waals surface area contributed by atoms with E-state index in [4.69, 9.17) is 20.9 Å². The molecular formula is C30H41FN6O6. The van der Waals surface area contributed by atoms with Crippen LogP contribution < -0.4 is 27.4 Å². The lowest BCUT2D eigenvalue weighted by Gasteiger charge is -2.29. The van der Waals surface area contributed by atoms with Gasteiger partial charge in [0.05, 0.1) is 13.2 Å². The summed E-state index contributed by atoms with van der Waals surface area (Å²) in [5.74, 6) is -3.54. The Morgan fingerprint density at radius 1 is 0.907 bits per heavy atom. The predicted molar refractivity (Wildman–Crippen MR) is 159 cm³/mol. The average Bonchev–Trinajstić information content (AvgIpc) is 2.94. The Hall–Kier alpha value is -4.68. The van der Waals surface area contributed by atoms with Gasteiger partial charge < -0.3 is 36.9 Å². The van der Waals surface area contributed by atoms with E-state index in [0.29, 0.717) is 17.5 Å². The molecule has 2 rings (SSSR count). The normalized spacial score (nSPS) is 13.8. The number of hydrogen-bond donors (Lipinski definition) is 5. The third-order valence-electron chi connectivity index (χ3n) is 6.18. The van der Waals surface area contributed by atoms with Crippen molar-refractivity contribution in [2.45, 2.75) is 70.2 Å². The second kappa shape index (κ2) is 16.1. The van der Waals surface area contributed by atoms with Crippen LogP contribution in [0.4, 0.5) is 9.18 Å². The minimum Gasteiger partial charge on any atom is -0.468 e. The molecule has 2 aromatic rings. The monoisotopic (exact) mass is 600 g/mol. The number of amides is 3. The Morgan fingerprint density at radius 3 is 2.09 bits per heavy atom. The highest BCUT2D eigenvalue weighted by atomic mass is 19.1. The Balaban J connectivity index is 2.27. The maximum Gasteiger partial charge on any atom is 0.408 e. The first kappa shape index (κ1) is 34.5. The smallest absolute Gasteiger partial charge is 0.408 e. The molecule has 0 bridgehead atoms. The summed E-state index contributed by atoms with van der Waals surface area (Å²) in [5, 5.41) is 7.98. The maximum atomic E-state index is 13.7. The van der Waals surface area contributed by atoms with Crippen molar-refractivity contribution >= 4 is 29.8 Å². The summed E-state index contributed by atoms with van der Waals surface area (Å²) < 4.78 is 24.0. The number of esters is 1. The van der Waals surface area contributed by atoms with Crippen LogP contribution in [0.3, 0.4) is 0 Å². The molecule has 43 heavy (non-hydrogen) atoms. The number of guanidine groups is 1. The minimum atomic E-state index is -1.09. The number of aliphatic imine (C=N–C) groups is 1. The summed E-state index contributed by atoms with van der Waals surface area (Å²) >= 11 is 0. The van der Waals surface area contributed by atoms with E-state index in [-0.39, 0.29) is 18.9 Å². The highest BCUT2D eigenvalue weighted by molar-refractivity contribution is 5.91. The van der Waals surface area contributed by atoms with Crippen LogP contribution in [0.5, 0.6) is 0 Å². The van der Waals surface area contributed by atoms with Crippen LogP contribution in [0.15, 0.2) is 59.6 Å². The van der Waals surface area contributed by atoms with Crippen LogP contribution in [0.1, 0.15) is 63.6 Å². The van der Waals surface area contributed by atoms with Gasteiger partial charge in [-0.05, 0) is 63.8 Å². The van der Waals surface area contributed by atoms with E-state index < -0.39 is 59.3 Å². The number of carbonyl (C=O) groups is 4. The van der Waals surface area contributed by atoms with Crippen molar-refractivity contribution < 1.29 is 33.0 Å². The van der Waals surface area contributed by atoms with Gasteiger partial charge in [0, 0.05) is 6.54 Å². The molecule has 0 aromatic heterocycles. The maximum absolute atomic E-state index is 13.7. The number of methoxy groups -OCH3 is 1. The summed E-state index contributed by atoms with van der Waals surface area (Å²) in [6.07, 6.45) is -0.311. The number of nitrogens with one attached hydrogen (secondary N) is 3. The van der Waals surface area contributed by atoms with Crippen molar-refractivity contribution in [1.82, 2.24) is 16.0 Å². The fraction of sp³-hybridized carbons (Fsp3) is 0.433. The molecule has 0 aliphatic rings. The summed E-state index contributed by atoms with van der Waals surface area (Å²) in [4.78, 5) is 56.0. The summed E-state index contributed by atoms with van der Waals surface area (Å²) in [7, 11) is 1.22. The predicted octanol–water partition coefficient (Wildman–Crippen LogP) is 2.39. The molecule has 4 atom stereocenters. The first-order chi connectivity index (χ1) is 20.2. The molecular weight excluding hydrogens is 559 g/mol. The molecule has 2 unspecified atom stereocenters. The van der Waals surface area contributed by atoms with E-state index in [1.165, 1.54) is 38.3 Å². The Morgan fingerprint density at radius 2 is 1.53 bits per heavy atom. The summed E-state index contributed by atoms with van der Waals surface area (Å²) in [6, 6.07) is 10.9. The van der Waals surface area contributed by atoms with E-state index >= 15 is 0 Å². The van der Waals surface area contributed by atoms with Crippen molar-refractivity contribution in [3.63, 3.8) is 0 Å². The average molecular weight is 601 g/mol. The lowest BCUT2D eigenvalue weighted by atomic mass is 9.86. The zero-order valence-corrected chi connectivity index (χ0v) is 25.1. The number of ether oxygens (including phenoxy) is 2. The number of nitrogens with zero attached hydrogens (tertiary/aromatic N) is 1. The highest BCUT2D eigenvalue weighted by Gasteiger charge is 2.35. The van der Waals surface area contributed by atoms with E-state index in [1.54, 1.807) is 51.1 Å². The third-order valence-corrected chi connectivity index (χ3v) is 6.18. The van der Waals surface area contributed by atoms with Crippen LogP contribution in [0.2, 0.25) is 0 Å². The van der Waals surface area contributed by atoms with Gasteiger partial charge in [-0.3, -0.25) is 19.4 Å². The topological polar surface area (TPSA) is 187 Å². The second-order valence-corrected chi connectivity index (χ2v) is 10.8. The zero-order valence-electron chi connectivity index (χ0n) is 25.1. The van der Waals surface area contributed by atoms with E-state index in [0.717, 1.165) is 0 Å². The van der Waals surface area contributed by atoms with Gasteiger partial charge in [-0.1, -0.05) is 42.5 Å². The Bertz CT molecular complexity index is 1260. The molecule has 234 valence electrons. The van der Waals surface area contributed by atoms with Crippen molar-refractivity contribution in [3.8, 4) is 0 Å². The molecule has 0 saturated carbocycles. The SMILES string of the molecule is COC(=O)C(c1ccc(F)cc1)C(NC(=O)[C@H](C)NC(=O)[C@H](CCCN=C(N)N)NC(=O)OC(C)(C)C)c1ccccc1. The van der Waals surface area contributed by atoms with Crippen molar-refractivity contribution in [2.24, 2.45) is 16.5 Å². The first-order valence-corrected chi connectivity index (χ1v) is 13.8. The van der Waals surface area contributed by atoms with Crippen LogP contribution in [-0.2, 0) is 23.9 Å². The van der Waals surface area contributed by atoms with Crippen LogP contribution in [-0.4, -0.2) is 61.2 Å².